The molecule has 2 heterocycles. The Bertz CT molecular complexity index is 1190. The largest absolute Gasteiger partial charge is 0.392 e. The summed E-state index contributed by atoms with van der Waals surface area (Å²) < 4.78 is 13.3. The van der Waals surface area contributed by atoms with Crippen LogP contribution in [0.2, 0.25) is 0 Å². The maximum Gasteiger partial charge on any atom is 0.251 e. The second-order valence-electron chi connectivity index (χ2n) is 11.2. The third-order valence-electron chi connectivity index (χ3n) is 8.25. The molecule has 2 aliphatic rings. The number of aliphatic hydroxyl groups excluding tert-OH is 1. The van der Waals surface area contributed by atoms with Crippen LogP contribution in [0.5, 0.6) is 0 Å². The van der Waals surface area contributed by atoms with E-state index in [2.05, 4.69) is 29.3 Å². The molecule has 40 heavy (non-hydrogen) atoms. The third-order valence-corrected chi connectivity index (χ3v) is 8.25. The van der Waals surface area contributed by atoms with Gasteiger partial charge in [0.1, 0.15) is 0 Å². The summed E-state index contributed by atoms with van der Waals surface area (Å²) >= 11 is 0. The Morgan fingerprint density at radius 3 is 2.12 bits per heavy atom. The highest BCUT2D eigenvalue weighted by atomic mass is 16.7. The lowest BCUT2D eigenvalue weighted by molar-refractivity contribution is -0.276. The van der Waals surface area contributed by atoms with Gasteiger partial charge in [-0.3, -0.25) is 4.79 Å². The molecule has 0 aliphatic carbocycles. The number of amides is 1. The summed E-state index contributed by atoms with van der Waals surface area (Å²) in [6, 6.07) is 25.5. The summed E-state index contributed by atoms with van der Waals surface area (Å²) in [6.07, 6.45) is 5.89. The van der Waals surface area contributed by atoms with Crippen LogP contribution in [0.3, 0.4) is 0 Å². The van der Waals surface area contributed by atoms with E-state index in [0.717, 1.165) is 41.9 Å². The first-order valence-electron chi connectivity index (χ1n) is 14.8. The van der Waals surface area contributed by atoms with Crippen LogP contribution in [-0.4, -0.2) is 41.7 Å². The van der Waals surface area contributed by atoms with Crippen molar-refractivity contribution in [3.8, 4) is 0 Å². The van der Waals surface area contributed by atoms with E-state index >= 15 is 0 Å². The smallest absolute Gasteiger partial charge is 0.251 e. The molecule has 0 radical (unpaired) electrons. The number of benzene rings is 3. The van der Waals surface area contributed by atoms with Gasteiger partial charge in [-0.2, -0.15) is 0 Å². The number of ether oxygens (including phenoxy) is 2. The Morgan fingerprint density at radius 1 is 0.825 bits per heavy atom. The van der Waals surface area contributed by atoms with Gasteiger partial charge in [0.15, 0.2) is 6.29 Å². The lowest BCUT2D eigenvalue weighted by Crippen LogP contribution is -2.45. The van der Waals surface area contributed by atoms with Crippen molar-refractivity contribution in [2.45, 2.75) is 70.7 Å². The average molecular weight is 543 g/mol. The molecule has 2 saturated heterocycles. The zero-order valence-corrected chi connectivity index (χ0v) is 23.5. The number of carbonyl (C=O) groups excluding carboxylic acids is 1. The van der Waals surface area contributed by atoms with Crippen LogP contribution in [0.15, 0.2) is 78.9 Å². The standard InChI is InChI=1S/C34H42N2O4/c1-25-31(23-36-20-8-3-2-4-9-21-36)39-34(40-32(25)28-16-14-27(24-37)15-17-28)30-18-12-26(13-19-30)22-35-33(38)29-10-6-5-7-11-29/h5-7,10-19,25,31-32,34,37H,2-4,8-9,20-24H2,1H3,(H,35,38). The molecule has 5 rings (SSSR count). The van der Waals surface area contributed by atoms with E-state index in [0.29, 0.717) is 12.1 Å². The van der Waals surface area contributed by atoms with Crippen LogP contribution in [0.1, 0.15) is 84.0 Å². The Labute approximate surface area is 238 Å². The van der Waals surface area contributed by atoms with Crippen molar-refractivity contribution in [1.82, 2.24) is 10.2 Å². The first kappa shape index (κ1) is 28.5. The summed E-state index contributed by atoms with van der Waals surface area (Å²) in [5.74, 6) is 0.0915. The summed E-state index contributed by atoms with van der Waals surface area (Å²) in [7, 11) is 0. The van der Waals surface area contributed by atoms with Crippen LogP contribution in [0, 0.1) is 5.92 Å². The van der Waals surface area contributed by atoms with Crippen LogP contribution in [0.4, 0.5) is 0 Å². The van der Waals surface area contributed by atoms with E-state index in [1.165, 1.54) is 32.1 Å². The van der Waals surface area contributed by atoms with E-state index in [-0.39, 0.29) is 30.6 Å². The fraction of sp³-hybridized carbons (Fsp3) is 0.441. The van der Waals surface area contributed by atoms with E-state index in [1.807, 2.05) is 66.7 Å². The van der Waals surface area contributed by atoms with Gasteiger partial charge in [0, 0.05) is 30.1 Å². The molecule has 0 saturated carbocycles. The maximum absolute atomic E-state index is 12.4. The number of rotatable bonds is 8. The number of nitrogens with one attached hydrogen (secondary N) is 1. The van der Waals surface area contributed by atoms with Crippen molar-refractivity contribution in [1.29, 1.82) is 0 Å². The zero-order chi connectivity index (χ0) is 27.7. The number of aliphatic hydroxyl groups is 1. The van der Waals surface area contributed by atoms with E-state index in [1.54, 1.807) is 0 Å². The molecule has 0 bridgehead atoms. The van der Waals surface area contributed by atoms with Gasteiger partial charge in [0.25, 0.3) is 5.91 Å². The van der Waals surface area contributed by atoms with Crippen molar-refractivity contribution in [2.75, 3.05) is 19.6 Å². The fourth-order valence-corrected chi connectivity index (χ4v) is 5.74. The molecule has 1 amide bonds. The molecule has 4 unspecified atom stereocenters. The number of nitrogens with zero attached hydrogens (tertiary/aromatic N) is 1. The topological polar surface area (TPSA) is 71.0 Å². The number of likely N-dealkylation sites (tertiary alicyclic amines) is 1. The monoisotopic (exact) mass is 542 g/mol. The SMILES string of the molecule is CC1C(CN2CCCCCCC2)OC(c2ccc(CNC(=O)c3ccccc3)cc2)OC1c1ccc(CO)cc1. The van der Waals surface area contributed by atoms with Gasteiger partial charge in [0.2, 0.25) is 0 Å². The second kappa shape index (κ2) is 14.0. The molecule has 2 N–H and O–H groups in total. The molecule has 6 nitrogen and oxygen atoms in total. The lowest BCUT2D eigenvalue weighted by atomic mass is 9.89. The van der Waals surface area contributed by atoms with Gasteiger partial charge in [0.05, 0.1) is 18.8 Å². The molecule has 212 valence electrons. The predicted octanol–water partition coefficient (Wildman–Crippen LogP) is 6.17. The third kappa shape index (κ3) is 7.38. The minimum Gasteiger partial charge on any atom is -0.392 e. The van der Waals surface area contributed by atoms with Crippen molar-refractivity contribution in [3.63, 3.8) is 0 Å². The first-order valence-corrected chi connectivity index (χ1v) is 14.8. The highest BCUT2D eigenvalue weighted by Gasteiger charge is 2.39. The summed E-state index contributed by atoms with van der Waals surface area (Å²) in [5.41, 5.74) is 4.65. The number of carbonyl (C=O) groups is 1. The van der Waals surface area contributed by atoms with Crippen molar-refractivity contribution in [2.24, 2.45) is 5.92 Å². The Kier molecular flexibility index (Phi) is 10.0. The fourth-order valence-electron chi connectivity index (χ4n) is 5.74. The second-order valence-corrected chi connectivity index (χ2v) is 11.2. The number of hydrogen-bond donors (Lipinski definition) is 2. The normalized spacial score (nSPS) is 24.1. The maximum atomic E-state index is 12.4. The highest BCUT2D eigenvalue weighted by molar-refractivity contribution is 5.94. The average Bonchev–Trinajstić information content (AvgIpc) is 2.99. The minimum atomic E-state index is -0.480. The summed E-state index contributed by atoms with van der Waals surface area (Å²) in [4.78, 5) is 15.0. The van der Waals surface area contributed by atoms with E-state index in [4.69, 9.17) is 9.47 Å². The van der Waals surface area contributed by atoms with Gasteiger partial charge < -0.3 is 24.8 Å². The van der Waals surface area contributed by atoms with Gasteiger partial charge in [-0.15, -0.1) is 0 Å². The van der Waals surface area contributed by atoms with Crippen molar-refractivity contribution >= 4 is 5.91 Å². The minimum absolute atomic E-state index is 0.0306. The molecule has 0 spiro atoms. The number of hydrogen-bond acceptors (Lipinski definition) is 5. The molecule has 0 aromatic heterocycles. The highest BCUT2D eigenvalue weighted by Crippen LogP contribution is 2.42. The molecular formula is C34H42N2O4. The Hall–Kier alpha value is -3.03. The summed E-state index contributed by atoms with van der Waals surface area (Å²) in [5, 5.41) is 12.5. The quantitative estimate of drug-likeness (QED) is 0.356. The Morgan fingerprint density at radius 2 is 1.45 bits per heavy atom. The van der Waals surface area contributed by atoms with E-state index < -0.39 is 6.29 Å². The molecule has 3 aromatic rings. The lowest BCUT2D eigenvalue weighted by Gasteiger charge is -2.43. The van der Waals surface area contributed by atoms with Crippen LogP contribution < -0.4 is 5.32 Å². The molecule has 2 aliphatic heterocycles. The van der Waals surface area contributed by atoms with Gasteiger partial charge >= 0.3 is 0 Å². The van der Waals surface area contributed by atoms with Crippen molar-refractivity contribution in [3.05, 3.63) is 107 Å². The van der Waals surface area contributed by atoms with Crippen LogP contribution in [0.25, 0.3) is 0 Å². The molecule has 3 aromatic carbocycles. The van der Waals surface area contributed by atoms with Gasteiger partial charge in [-0.1, -0.05) is 92.9 Å². The molecular weight excluding hydrogens is 500 g/mol. The Balaban J connectivity index is 1.30. The molecule has 6 heteroatoms. The van der Waals surface area contributed by atoms with Gasteiger partial charge in [-0.25, -0.2) is 0 Å². The van der Waals surface area contributed by atoms with Gasteiger partial charge in [-0.05, 0) is 54.8 Å². The predicted molar refractivity (Wildman–Crippen MR) is 157 cm³/mol. The van der Waals surface area contributed by atoms with Crippen molar-refractivity contribution < 1.29 is 19.4 Å². The zero-order valence-electron chi connectivity index (χ0n) is 23.5. The molecule has 4 atom stereocenters. The van der Waals surface area contributed by atoms with E-state index in [9.17, 15) is 9.90 Å². The summed E-state index contributed by atoms with van der Waals surface area (Å²) in [6.45, 7) is 5.86. The molecule has 2 fully saturated rings. The van der Waals surface area contributed by atoms with Crippen LogP contribution >= 0.6 is 0 Å². The first-order chi connectivity index (χ1) is 19.6. The van der Waals surface area contributed by atoms with Crippen LogP contribution in [-0.2, 0) is 22.6 Å².